The van der Waals surface area contributed by atoms with Crippen LogP contribution in [0.4, 0.5) is 0 Å². The highest BCUT2D eigenvalue weighted by atomic mass is 31.1. The van der Waals surface area contributed by atoms with Gasteiger partial charge in [0, 0.05) is 0 Å². The van der Waals surface area contributed by atoms with Crippen LogP contribution in [0.15, 0.2) is 95.8 Å². The lowest BCUT2D eigenvalue weighted by Gasteiger charge is -2.46. The molecule has 1 aliphatic rings. The topological polar surface area (TPSA) is 0 Å². The van der Waals surface area contributed by atoms with Crippen molar-refractivity contribution in [2.75, 3.05) is 0 Å². The lowest BCUT2D eigenvalue weighted by atomic mass is 10.1. The Balaban J connectivity index is 1.79. The predicted molar refractivity (Wildman–Crippen MR) is 171 cm³/mol. The van der Waals surface area contributed by atoms with E-state index in [1.807, 2.05) is 0 Å². The number of rotatable bonds is 5. The van der Waals surface area contributed by atoms with Gasteiger partial charge in [-0.25, -0.2) is 0 Å². The van der Waals surface area contributed by atoms with E-state index in [1.165, 1.54) is 51.4 Å². The lowest BCUT2D eigenvalue weighted by molar-refractivity contribution is 0.691. The number of hydrogen-bond donors (Lipinski definition) is 0. The number of allylic oxidation sites excluding steroid dienone is 2. The fourth-order valence-electron chi connectivity index (χ4n) is 7.01. The molecule has 1 aliphatic carbocycles. The minimum absolute atomic E-state index is 0.221. The first-order valence-electron chi connectivity index (χ1n) is 13.8. The molecule has 0 aromatic heterocycles. The maximum Gasteiger partial charge on any atom is -0.00119 e. The second kappa shape index (κ2) is 10.3. The van der Waals surface area contributed by atoms with E-state index in [2.05, 4.69) is 133 Å². The Morgan fingerprint density at radius 2 is 1.05 bits per heavy atom. The SMILES string of the molecule is C[C@H](C1=C(P(c2cccc3ccccc23)c2cccc3ccccc23)CCC1)P(C(C)(C)C)C(C)(C)C. The Hall–Kier alpha value is -2.00. The molecule has 0 unspecified atom stereocenters. The van der Waals surface area contributed by atoms with Crippen molar-refractivity contribution < 1.29 is 0 Å². The van der Waals surface area contributed by atoms with E-state index < -0.39 is 7.92 Å². The average molecular weight is 525 g/mol. The molecular weight excluding hydrogens is 482 g/mol. The molecule has 0 nitrogen and oxygen atoms in total. The van der Waals surface area contributed by atoms with Crippen LogP contribution >= 0.6 is 15.8 Å². The second-order valence-electron chi connectivity index (χ2n) is 12.5. The summed E-state index contributed by atoms with van der Waals surface area (Å²) in [6.07, 6.45) is 3.78. The molecule has 4 aromatic carbocycles. The average Bonchev–Trinajstić information content (AvgIpc) is 3.32. The summed E-state index contributed by atoms with van der Waals surface area (Å²) in [6, 6.07) is 32.0. The van der Waals surface area contributed by atoms with Crippen molar-refractivity contribution in [3.8, 4) is 0 Å². The van der Waals surface area contributed by atoms with Crippen LogP contribution in [-0.4, -0.2) is 16.0 Å². The van der Waals surface area contributed by atoms with Gasteiger partial charge in [0.2, 0.25) is 0 Å². The van der Waals surface area contributed by atoms with Crippen molar-refractivity contribution in [1.29, 1.82) is 0 Å². The van der Waals surface area contributed by atoms with Gasteiger partial charge in [-0.3, -0.25) is 0 Å². The first-order chi connectivity index (χ1) is 17.6. The van der Waals surface area contributed by atoms with E-state index in [9.17, 15) is 0 Å². The van der Waals surface area contributed by atoms with Gasteiger partial charge >= 0.3 is 0 Å². The highest BCUT2D eigenvalue weighted by Crippen LogP contribution is 2.66. The molecule has 0 N–H and O–H groups in total. The molecule has 4 aromatic rings. The summed E-state index contributed by atoms with van der Waals surface area (Å²) >= 11 is 0. The van der Waals surface area contributed by atoms with Crippen LogP contribution in [0.2, 0.25) is 0 Å². The summed E-state index contributed by atoms with van der Waals surface area (Å²) in [5, 5.41) is 11.0. The van der Waals surface area contributed by atoms with E-state index in [4.69, 9.17) is 0 Å². The molecular formula is C35H42P2. The third kappa shape index (κ3) is 5.18. The zero-order valence-corrected chi connectivity index (χ0v) is 25.5. The van der Waals surface area contributed by atoms with Gasteiger partial charge in [0.25, 0.3) is 0 Å². The van der Waals surface area contributed by atoms with Gasteiger partial charge in [0.15, 0.2) is 0 Å². The molecule has 0 aliphatic heterocycles. The number of hydrogen-bond acceptors (Lipinski definition) is 0. The first kappa shape index (κ1) is 26.6. The van der Waals surface area contributed by atoms with Crippen LogP contribution < -0.4 is 10.6 Å². The molecule has 37 heavy (non-hydrogen) atoms. The molecule has 0 fully saturated rings. The fourth-order valence-corrected chi connectivity index (χ4v) is 15.2. The van der Waals surface area contributed by atoms with Crippen LogP contribution in [0, 0.1) is 0 Å². The van der Waals surface area contributed by atoms with Crippen molar-refractivity contribution in [1.82, 2.24) is 0 Å². The summed E-state index contributed by atoms with van der Waals surface area (Å²) in [6.45, 7) is 17.5. The molecule has 0 heterocycles. The molecule has 0 radical (unpaired) electrons. The standard InChI is InChI=1S/C35H42P2/c1-25(37(34(2,3)4)35(5,6)7)28-21-14-24-31(28)36(32-22-12-17-26-15-8-10-19-29(26)32)33-23-13-18-27-16-9-11-20-30(27)33/h8-13,15-20,22-23,25H,14,21,24H2,1-7H3/t25-/m1/s1. The Morgan fingerprint density at radius 1 is 0.595 bits per heavy atom. The third-order valence-electron chi connectivity index (χ3n) is 7.85. The molecule has 192 valence electrons. The second-order valence-corrected chi connectivity index (χ2v) is 18.9. The van der Waals surface area contributed by atoms with Gasteiger partial charge in [-0.1, -0.05) is 147 Å². The van der Waals surface area contributed by atoms with Crippen molar-refractivity contribution >= 4 is 48.0 Å². The molecule has 0 amide bonds. The van der Waals surface area contributed by atoms with Crippen LogP contribution in [0.1, 0.15) is 67.7 Å². The minimum Gasteiger partial charge on any atom is -0.0885 e. The zero-order chi connectivity index (χ0) is 26.4. The minimum atomic E-state index is -0.630. The maximum absolute atomic E-state index is 2.57. The highest BCUT2D eigenvalue weighted by molar-refractivity contribution is 7.77. The molecule has 2 heteroatoms. The van der Waals surface area contributed by atoms with Gasteiger partial charge in [-0.2, -0.15) is 0 Å². The van der Waals surface area contributed by atoms with Gasteiger partial charge < -0.3 is 0 Å². The van der Waals surface area contributed by atoms with E-state index in [0.717, 1.165) is 0 Å². The van der Waals surface area contributed by atoms with Crippen molar-refractivity contribution in [2.45, 2.75) is 83.7 Å². The molecule has 1 atom stereocenters. The van der Waals surface area contributed by atoms with E-state index in [0.29, 0.717) is 16.0 Å². The smallest absolute Gasteiger partial charge is 0.00119 e. The summed E-state index contributed by atoms with van der Waals surface area (Å²) < 4.78 is 0. The Labute approximate surface area is 227 Å². The normalized spacial score (nSPS) is 15.9. The van der Waals surface area contributed by atoms with Gasteiger partial charge in [0.1, 0.15) is 0 Å². The van der Waals surface area contributed by atoms with Crippen molar-refractivity contribution in [3.05, 3.63) is 95.8 Å². The fraction of sp³-hybridized carbons (Fsp3) is 0.371. The van der Waals surface area contributed by atoms with Crippen molar-refractivity contribution in [2.24, 2.45) is 0 Å². The van der Waals surface area contributed by atoms with E-state index in [-0.39, 0.29) is 7.92 Å². The summed E-state index contributed by atoms with van der Waals surface area (Å²) in [7, 11) is -0.851. The van der Waals surface area contributed by atoms with E-state index in [1.54, 1.807) is 10.9 Å². The molecule has 0 saturated heterocycles. The Morgan fingerprint density at radius 3 is 1.54 bits per heavy atom. The zero-order valence-electron chi connectivity index (χ0n) is 23.7. The quantitative estimate of drug-likeness (QED) is 0.228. The monoisotopic (exact) mass is 524 g/mol. The molecule has 0 bridgehead atoms. The lowest BCUT2D eigenvalue weighted by Crippen LogP contribution is -2.31. The predicted octanol–water partition coefficient (Wildman–Crippen LogP) is 10.3. The highest BCUT2D eigenvalue weighted by Gasteiger charge is 2.41. The Kier molecular flexibility index (Phi) is 7.39. The number of benzene rings is 4. The Bertz CT molecular complexity index is 1340. The third-order valence-corrected chi connectivity index (χ3v) is 14.6. The summed E-state index contributed by atoms with van der Waals surface area (Å²) in [5.74, 6) is 0. The van der Waals surface area contributed by atoms with Crippen molar-refractivity contribution in [3.63, 3.8) is 0 Å². The first-order valence-corrected chi connectivity index (χ1v) is 16.6. The maximum atomic E-state index is 2.57. The van der Waals surface area contributed by atoms with Gasteiger partial charge in [-0.15, -0.1) is 0 Å². The van der Waals surface area contributed by atoms with Crippen LogP contribution in [0.25, 0.3) is 21.5 Å². The van der Waals surface area contributed by atoms with Gasteiger partial charge in [-0.05, 0) is 80.6 Å². The van der Waals surface area contributed by atoms with Crippen LogP contribution in [0.5, 0.6) is 0 Å². The van der Waals surface area contributed by atoms with E-state index >= 15 is 0 Å². The number of fused-ring (bicyclic) bond motifs is 2. The van der Waals surface area contributed by atoms with Crippen LogP contribution in [-0.2, 0) is 0 Å². The van der Waals surface area contributed by atoms with Crippen LogP contribution in [0.3, 0.4) is 0 Å². The molecule has 0 spiro atoms. The van der Waals surface area contributed by atoms with Gasteiger partial charge in [0.05, 0.1) is 0 Å². The molecule has 5 rings (SSSR count). The largest absolute Gasteiger partial charge is 0.0885 e. The molecule has 0 saturated carbocycles. The summed E-state index contributed by atoms with van der Waals surface area (Å²) in [4.78, 5) is 0. The summed E-state index contributed by atoms with van der Waals surface area (Å²) in [5.41, 5.74) is 2.41.